The highest BCUT2D eigenvalue weighted by Crippen LogP contribution is 2.24. The molecule has 18 N–H and O–H groups in total. The van der Waals surface area contributed by atoms with Crippen LogP contribution in [0.25, 0.3) is 0 Å². The number of ether oxygens (including phenoxy) is 9. The number of unbranched alkanes of at least 4 members (excludes halogenated alkanes) is 1. The summed E-state index contributed by atoms with van der Waals surface area (Å²) in [5.74, 6) is -13.6. The van der Waals surface area contributed by atoms with E-state index in [0.29, 0.717) is 70.3 Å². The molecule has 120 heavy (non-hydrogen) atoms. The standard InChI is InChI=1S/C74H114FN17O25S3/c1-2-60(93)79-19-23-108-27-31-112-34-30-111-26-22-82-68(102)57-46-118-49-65(98)86-54(11-6-7-17-78-62(95)43-116-44-63(96)80-20-24-109-28-32-113-35-37-115-38-36-114-33-29-110-25-21-81-64(97)45-117-85-41-51-13-15-52(75)16-14-51)69(103)91-58-47-119-120-48-59(73(107)89-55(70(104)90-57)39-50-9-4-3-5-10-50)92-71(105)56(40-66(99)100)87-61(94)42-84-67(101)53(88-72(58)106)12-8-18-83-74(76)77/h3-5,9-10,13-16,41,53-59H,2,6-8,11-12,17-40,42-49H2,1H3,(H,78,95)(H,79,93)(H,80,96)(H,81,97)(H,82,102)(H,84,101)(H,86,98)(H,87,94)(H,88,106)(H,89,107)(H,90,104)(H,91,103)(H,92,105)(H,99,100)(H4,76,77,83)/b85-41+/t53-,54-,55-,56-,57-,58-,59-/m0/s1/i75-1. The SMILES string of the molecule is CCC(=O)NCCOCCOCCOCCNC(=O)[C@@H]1CSCC(=O)N[C@@H](CCCCNC(=O)COCC(=O)NCCOCCOCCOCCOCCOCCNC(=O)CO/N=C/c2ccc([18F])cc2)C(=O)N[C@H]2CSSC[C@H](NC(=O)[C@H](CC(=O)O)NC(=O)CNC(=O)[C@H](CCCNC(=N)N)NC2=O)C(=O)N[C@@H](Cc2ccccc2)C(=O)N1. The maximum absolute atomic E-state index is 14.7. The Labute approximate surface area is 706 Å². The third-order valence-corrected chi connectivity index (χ3v) is 19.9. The largest absolute Gasteiger partial charge is 0.481 e. The van der Waals surface area contributed by atoms with Crippen molar-refractivity contribution >= 4 is 128 Å². The lowest BCUT2D eigenvalue weighted by atomic mass is 10.0. The van der Waals surface area contributed by atoms with Crippen molar-refractivity contribution in [3.05, 3.63) is 71.5 Å². The van der Waals surface area contributed by atoms with Crippen LogP contribution in [0.2, 0.25) is 0 Å². The molecule has 46 heteroatoms. The van der Waals surface area contributed by atoms with Gasteiger partial charge in [-0.25, -0.2) is 4.39 Å². The Balaban J connectivity index is 1.35. The number of nitrogens with two attached hydrogens (primary N) is 1. The van der Waals surface area contributed by atoms with Crippen LogP contribution in [0.1, 0.15) is 63.0 Å². The second-order valence-electron chi connectivity index (χ2n) is 26.1. The van der Waals surface area contributed by atoms with Crippen LogP contribution in [0, 0.1) is 11.2 Å². The number of carboxylic acids is 1. The summed E-state index contributed by atoms with van der Waals surface area (Å²) in [7, 11) is 1.79. The molecule has 13 amide bonds. The molecule has 2 aromatic carbocycles. The lowest BCUT2D eigenvalue weighted by Crippen LogP contribution is -2.60. The Morgan fingerprint density at radius 1 is 0.492 bits per heavy atom. The third kappa shape index (κ3) is 49.8. The second-order valence-corrected chi connectivity index (χ2v) is 29.7. The van der Waals surface area contributed by atoms with E-state index in [1.165, 1.54) is 30.5 Å². The maximum Gasteiger partial charge on any atom is 0.305 e. The van der Waals surface area contributed by atoms with E-state index in [4.69, 9.17) is 58.6 Å². The number of benzene rings is 2. The average Bonchev–Trinajstić information content (AvgIpc) is 1.01. The number of hydrogen-bond acceptors (Lipinski definition) is 29. The normalized spacial score (nSPS) is 18.7. The van der Waals surface area contributed by atoms with Gasteiger partial charge in [0.15, 0.2) is 12.6 Å². The first-order valence-electron chi connectivity index (χ1n) is 39.0. The summed E-state index contributed by atoms with van der Waals surface area (Å²) < 4.78 is 62.3. The zero-order valence-corrected chi connectivity index (χ0v) is 69.5. The first-order chi connectivity index (χ1) is 58.0. The lowest BCUT2D eigenvalue weighted by molar-refractivity contribution is -0.141. The smallest absolute Gasteiger partial charge is 0.305 e. The fraction of sp³-hybridized carbons (Fsp3) is 0.622. The number of nitrogens with zero attached hydrogens (tertiary/aromatic N) is 1. The summed E-state index contributed by atoms with van der Waals surface area (Å²) in [6.45, 7) is 4.31. The van der Waals surface area contributed by atoms with E-state index < -0.39 is 151 Å². The van der Waals surface area contributed by atoms with E-state index >= 15 is 0 Å². The minimum absolute atomic E-state index is 0.0123. The highest BCUT2D eigenvalue weighted by molar-refractivity contribution is 8.76. The van der Waals surface area contributed by atoms with Crippen LogP contribution in [0.5, 0.6) is 0 Å². The number of aliphatic carboxylic acids is 1. The van der Waals surface area contributed by atoms with Crippen molar-refractivity contribution < 1.29 is 124 Å². The number of guanidine groups is 1. The first kappa shape index (κ1) is 103. The topological polar surface area (TPSA) is 582 Å². The van der Waals surface area contributed by atoms with E-state index in [9.17, 15) is 76.6 Å². The fourth-order valence-electron chi connectivity index (χ4n) is 10.3. The number of rotatable bonds is 53. The Morgan fingerprint density at radius 2 is 0.950 bits per heavy atom. The van der Waals surface area contributed by atoms with Gasteiger partial charge in [-0.1, -0.05) is 76.1 Å². The Morgan fingerprint density at radius 3 is 1.48 bits per heavy atom. The van der Waals surface area contributed by atoms with E-state index in [1.54, 1.807) is 37.3 Å². The molecule has 0 spiro atoms. The molecular weight excluding hydrogens is 1640 g/mol. The van der Waals surface area contributed by atoms with Crippen molar-refractivity contribution in [2.24, 2.45) is 10.9 Å². The third-order valence-electron chi connectivity index (χ3n) is 16.5. The number of carboxylic acid groups (broad SMARTS) is 1. The number of carbonyl (C=O) groups excluding carboxylic acids is 13. The summed E-state index contributed by atoms with van der Waals surface area (Å²) in [4.78, 5) is 194. The zero-order chi connectivity index (χ0) is 87.2. The summed E-state index contributed by atoms with van der Waals surface area (Å²) in [6.07, 6.45) is 0.750. The number of halogens is 1. The Kier molecular flexibility index (Phi) is 55.0. The number of fused-ring (bicyclic) bond motifs is 5. The van der Waals surface area contributed by atoms with Gasteiger partial charge in [0, 0.05) is 69.4 Å². The molecule has 0 unspecified atom stereocenters. The molecule has 2 aromatic rings. The quantitative estimate of drug-likeness (QED) is 0.00971. The lowest BCUT2D eigenvalue weighted by Gasteiger charge is -2.27. The predicted octanol–water partition coefficient (Wildman–Crippen LogP) is -4.88. The zero-order valence-electron chi connectivity index (χ0n) is 67.1. The summed E-state index contributed by atoms with van der Waals surface area (Å²) in [5, 5.41) is 57.5. The number of oxime groups is 1. The number of hydrogen-bond donors (Lipinski definition) is 17. The van der Waals surface area contributed by atoms with Crippen molar-refractivity contribution in [1.82, 2.24) is 74.4 Å². The maximum atomic E-state index is 14.7. The minimum atomic E-state index is -1.84. The molecule has 2 aliphatic heterocycles. The number of carbonyl (C=O) groups is 14. The first-order valence-corrected chi connectivity index (χ1v) is 42.6. The van der Waals surface area contributed by atoms with Gasteiger partial charge < -0.3 is 133 Å². The van der Waals surface area contributed by atoms with Gasteiger partial charge in [0.05, 0.1) is 131 Å². The molecule has 0 saturated carbocycles. The highest BCUT2D eigenvalue weighted by Gasteiger charge is 2.36. The fourth-order valence-corrected chi connectivity index (χ4v) is 13.5. The van der Waals surface area contributed by atoms with Gasteiger partial charge in [-0.15, -0.1) is 11.8 Å². The van der Waals surface area contributed by atoms with Crippen LogP contribution in [0.15, 0.2) is 59.8 Å². The number of amides is 13. The van der Waals surface area contributed by atoms with Gasteiger partial charge in [0.1, 0.15) is 61.3 Å². The van der Waals surface area contributed by atoms with E-state index in [0.717, 1.165) is 33.3 Å². The van der Waals surface area contributed by atoms with Crippen molar-refractivity contribution in [2.75, 3.05) is 194 Å². The van der Waals surface area contributed by atoms with Gasteiger partial charge in [0.2, 0.25) is 70.9 Å². The van der Waals surface area contributed by atoms with Gasteiger partial charge in [-0.05, 0) is 55.4 Å². The average molecular weight is 1760 g/mol. The molecule has 7 atom stereocenters. The molecule has 0 aromatic heterocycles. The highest BCUT2D eigenvalue weighted by atomic mass is 33.1. The van der Waals surface area contributed by atoms with Gasteiger partial charge in [-0.2, -0.15) is 0 Å². The van der Waals surface area contributed by atoms with Crippen molar-refractivity contribution in [3.8, 4) is 0 Å². The van der Waals surface area contributed by atoms with Crippen molar-refractivity contribution in [3.63, 3.8) is 0 Å². The molecule has 670 valence electrons. The minimum Gasteiger partial charge on any atom is -0.481 e. The number of thioether (sulfide) groups is 1. The predicted molar refractivity (Wildman–Crippen MR) is 437 cm³/mol. The van der Waals surface area contributed by atoms with Crippen molar-refractivity contribution in [2.45, 2.75) is 101 Å². The van der Waals surface area contributed by atoms with Crippen LogP contribution in [-0.4, -0.2) is 337 Å². The van der Waals surface area contributed by atoms with Crippen LogP contribution >= 0.6 is 33.3 Å². The van der Waals surface area contributed by atoms with E-state index in [2.05, 4.69) is 79.6 Å². The van der Waals surface area contributed by atoms with Crippen LogP contribution in [0.3, 0.4) is 0 Å². The molecule has 2 aliphatic rings. The molecule has 4 rings (SSSR count). The molecule has 0 radical (unpaired) electrons. The summed E-state index contributed by atoms with van der Waals surface area (Å²) in [5.41, 5.74) is 6.62. The number of nitrogens with one attached hydrogen (secondary N) is 15. The van der Waals surface area contributed by atoms with Crippen LogP contribution in [-0.2, 0) is 121 Å². The molecule has 2 saturated heterocycles. The monoisotopic (exact) mass is 1750 g/mol. The van der Waals surface area contributed by atoms with E-state index in [1.807, 2.05) is 0 Å². The molecule has 2 fully saturated rings. The molecule has 2 heterocycles. The molecule has 42 nitrogen and oxygen atoms in total. The Bertz CT molecular complexity index is 3500. The molecule has 2 bridgehead atoms. The molecular formula is C74H114FN17O25S3. The van der Waals surface area contributed by atoms with Gasteiger partial charge in [-0.3, -0.25) is 72.5 Å². The van der Waals surface area contributed by atoms with Crippen LogP contribution < -0.4 is 80.2 Å². The van der Waals surface area contributed by atoms with Crippen molar-refractivity contribution in [1.29, 1.82) is 5.41 Å². The van der Waals surface area contributed by atoms with Crippen LogP contribution in [0.4, 0.5) is 4.39 Å². The van der Waals surface area contributed by atoms with E-state index in [-0.39, 0.29) is 172 Å². The van der Waals surface area contributed by atoms with Gasteiger partial charge in [0.25, 0.3) is 5.91 Å². The second kappa shape index (κ2) is 64.3. The summed E-state index contributed by atoms with van der Waals surface area (Å²) >= 11 is 0.880. The van der Waals surface area contributed by atoms with Gasteiger partial charge >= 0.3 is 5.97 Å². The Hall–Kier alpha value is -9.62. The summed E-state index contributed by atoms with van der Waals surface area (Å²) in [6, 6.07) is 3.24. The molecule has 0 aliphatic carbocycles.